The highest BCUT2D eigenvalue weighted by molar-refractivity contribution is 6.30. The predicted octanol–water partition coefficient (Wildman–Crippen LogP) is 4.21. The molecule has 5 heteroatoms. The van der Waals surface area contributed by atoms with E-state index in [4.69, 9.17) is 20.8 Å². The highest BCUT2D eigenvalue weighted by Gasteiger charge is 2.14. The molecule has 0 aliphatic heterocycles. The molecular weight excluding hydrogens is 326 g/mol. The number of ether oxygens (including phenoxy) is 1. The van der Waals surface area contributed by atoms with E-state index in [-0.39, 0.29) is 5.91 Å². The van der Waals surface area contributed by atoms with E-state index in [0.29, 0.717) is 23.7 Å². The zero-order valence-corrected chi connectivity index (χ0v) is 14.0. The maximum absolute atomic E-state index is 12.1. The number of para-hydroxylation sites is 1. The van der Waals surface area contributed by atoms with Gasteiger partial charge < -0.3 is 14.5 Å². The Kier molecular flexibility index (Phi) is 5.06. The van der Waals surface area contributed by atoms with Crippen LogP contribution < -0.4 is 10.1 Å². The van der Waals surface area contributed by atoms with Gasteiger partial charge in [0.25, 0.3) is 5.91 Å². The van der Waals surface area contributed by atoms with Gasteiger partial charge in [0.15, 0.2) is 6.10 Å². The molecule has 24 heavy (non-hydrogen) atoms. The Morgan fingerprint density at radius 1 is 1.21 bits per heavy atom. The Morgan fingerprint density at radius 3 is 2.71 bits per heavy atom. The lowest BCUT2D eigenvalue weighted by Gasteiger charge is -2.14. The SMILES string of the molecule is CC(Oc1ccc(Cl)cc1)C(=O)NCCc1cc2ccccc2o1. The molecule has 3 rings (SSSR count). The van der Waals surface area contributed by atoms with Crippen LogP contribution >= 0.6 is 11.6 Å². The molecule has 1 aromatic heterocycles. The molecule has 0 saturated heterocycles. The number of amides is 1. The van der Waals surface area contributed by atoms with Crippen LogP contribution in [0.4, 0.5) is 0 Å². The van der Waals surface area contributed by atoms with Crippen molar-refractivity contribution in [3.63, 3.8) is 0 Å². The Morgan fingerprint density at radius 2 is 1.96 bits per heavy atom. The first-order chi connectivity index (χ1) is 11.6. The van der Waals surface area contributed by atoms with Gasteiger partial charge in [-0.3, -0.25) is 4.79 Å². The molecule has 0 spiro atoms. The van der Waals surface area contributed by atoms with Crippen LogP contribution in [0.25, 0.3) is 11.0 Å². The van der Waals surface area contributed by atoms with Crippen molar-refractivity contribution in [1.82, 2.24) is 5.32 Å². The minimum Gasteiger partial charge on any atom is -0.481 e. The number of fused-ring (bicyclic) bond motifs is 1. The van der Waals surface area contributed by atoms with Crippen molar-refractivity contribution in [3.8, 4) is 5.75 Å². The van der Waals surface area contributed by atoms with Gasteiger partial charge in [0.05, 0.1) is 0 Å². The first kappa shape index (κ1) is 16.4. The molecular formula is C19H18ClNO3. The second kappa shape index (κ2) is 7.41. The summed E-state index contributed by atoms with van der Waals surface area (Å²) in [7, 11) is 0. The van der Waals surface area contributed by atoms with Crippen molar-refractivity contribution in [3.05, 3.63) is 65.4 Å². The summed E-state index contributed by atoms with van der Waals surface area (Å²) in [4.78, 5) is 12.1. The average Bonchev–Trinajstić information content (AvgIpc) is 2.99. The quantitative estimate of drug-likeness (QED) is 0.729. The van der Waals surface area contributed by atoms with E-state index in [1.807, 2.05) is 30.3 Å². The van der Waals surface area contributed by atoms with Gasteiger partial charge in [-0.1, -0.05) is 29.8 Å². The van der Waals surface area contributed by atoms with E-state index in [1.165, 1.54) is 0 Å². The number of nitrogens with one attached hydrogen (secondary N) is 1. The van der Waals surface area contributed by atoms with Gasteiger partial charge in [-0.25, -0.2) is 0 Å². The number of hydrogen-bond acceptors (Lipinski definition) is 3. The molecule has 1 N–H and O–H groups in total. The Bertz CT molecular complexity index is 793. The van der Waals surface area contributed by atoms with Crippen molar-refractivity contribution in [2.45, 2.75) is 19.4 Å². The van der Waals surface area contributed by atoms with Crippen LogP contribution in [0.3, 0.4) is 0 Å². The third-order valence-corrected chi connectivity index (χ3v) is 3.89. The molecule has 0 fully saturated rings. The number of benzene rings is 2. The molecule has 4 nitrogen and oxygen atoms in total. The highest BCUT2D eigenvalue weighted by Crippen LogP contribution is 2.19. The summed E-state index contributed by atoms with van der Waals surface area (Å²) in [6.45, 7) is 2.21. The van der Waals surface area contributed by atoms with E-state index in [2.05, 4.69) is 5.32 Å². The second-order valence-corrected chi connectivity index (χ2v) is 5.94. The second-order valence-electron chi connectivity index (χ2n) is 5.51. The van der Waals surface area contributed by atoms with Crippen LogP contribution in [0.1, 0.15) is 12.7 Å². The molecule has 0 radical (unpaired) electrons. The Labute approximate surface area is 145 Å². The summed E-state index contributed by atoms with van der Waals surface area (Å²) < 4.78 is 11.3. The summed E-state index contributed by atoms with van der Waals surface area (Å²) in [5, 5.41) is 4.55. The van der Waals surface area contributed by atoms with Crippen molar-refractivity contribution in [1.29, 1.82) is 0 Å². The molecule has 3 aromatic rings. The van der Waals surface area contributed by atoms with Crippen molar-refractivity contribution >= 4 is 28.5 Å². The minimum absolute atomic E-state index is 0.166. The lowest BCUT2D eigenvalue weighted by molar-refractivity contribution is -0.127. The topological polar surface area (TPSA) is 51.5 Å². The lowest BCUT2D eigenvalue weighted by Crippen LogP contribution is -2.37. The number of furan rings is 1. The molecule has 0 aliphatic carbocycles. The van der Waals surface area contributed by atoms with Gasteiger partial charge in [-0.15, -0.1) is 0 Å². The molecule has 0 aliphatic rings. The summed E-state index contributed by atoms with van der Waals surface area (Å²) in [6, 6.07) is 16.8. The smallest absolute Gasteiger partial charge is 0.260 e. The minimum atomic E-state index is -0.582. The Balaban J connectivity index is 1.48. The fourth-order valence-corrected chi connectivity index (χ4v) is 2.51. The van der Waals surface area contributed by atoms with Crippen molar-refractivity contribution in [2.24, 2.45) is 0 Å². The Hall–Kier alpha value is -2.46. The van der Waals surface area contributed by atoms with Crippen LogP contribution in [0.2, 0.25) is 5.02 Å². The highest BCUT2D eigenvalue weighted by atomic mass is 35.5. The zero-order chi connectivity index (χ0) is 16.9. The number of hydrogen-bond donors (Lipinski definition) is 1. The maximum Gasteiger partial charge on any atom is 0.260 e. The zero-order valence-electron chi connectivity index (χ0n) is 13.3. The number of rotatable bonds is 6. The lowest BCUT2D eigenvalue weighted by atomic mass is 10.2. The van der Waals surface area contributed by atoms with Crippen LogP contribution in [-0.2, 0) is 11.2 Å². The van der Waals surface area contributed by atoms with Gasteiger partial charge in [-0.2, -0.15) is 0 Å². The summed E-state index contributed by atoms with van der Waals surface area (Å²) >= 11 is 5.82. The largest absolute Gasteiger partial charge is 0.481 e. The fraction of sp³-hybridized carbons (Fsp3) is 0.211. The average molecular weight is 344 g/mol. The molecule has 1 amide bonds. The standard InChI is InChI=1S/C19H18ClNO3/c1-13(23-16-8-6-15(20)7-9-16)19(22)21-11-10-17-12-14-4-2-3-5-18(14)24-17/h2-9,12-13H,10-11H2,1H3,(H,21,22). The molecule has 2 aromatic carbocycles. The van der Waals surface area contributed by atoms with Gasteiger partial charge in [0, 0.05) is 23.4 Å². The summed E-state index contributed by atoms with van der Waals surface area (Å²) in [5.41, 5.74) is 0.860. The van der Waals surface area contributed by atoms with Crippen molar-refractivity contribution in [2.75, 3.05) is 6.54 Å². The van der Waals surface area contributed by atoms with E-state index in [0.717, 1.165) is 16.7 Å². The predicted molar refractivity (Wildman–Crippen MR) is 94.5 cm³/mol. The van der Waals surface area contributed by atoms with E-state index < -0.39 is 6.10 Å². The van der Waals surface area contributed by atoms with Crippen LogP contribution in [0.15, 0.2) is 59.0 Å². The van der Waals surface area contributed by atoms with Crippen LogP contribution in [-0.4, -0.2) is 18.6 Å². The van der Waals surface area contributed by atoms with Crippen molar-refractivity contribution < 1.29 is 13.9 Å². The third-order valence-electron chi connectivity index (χ3n) is 3.64. The summed E-state index contributed by atoms with van der Waals surface area (Å²) in [6.07, 6.45) is 0.0514. The number of carbonyl (C=O) groups is 1. The van der Waals surface area contributed by atoms with E-state index in [1.54, 1.807) is 31.2 Å². The van der Waals surface area contributed by atoms with Crippen LogP contribution in [0.5, 0.6) is 5.75 Å². The summed E-state index contributed by atoms with van der Waals surface area (Å²) in [5.74, 6) is 1.29. The molecule has 124 valence electrons. The molecule has 1 unspecified atom stereocenters. The monoisotopic (exact) mass is 343 g/mol. The van der Waals surface area contributed by atoms with Gasteiger partial charge in [0.1, 0.15) is 17.1 Å². The van der Waals surface area contributed by atoms with Gasteiger partial charge >= 0.3 is 0 Å². The van der Waals surface area contributed by atoms with Gasteiger partial charge in [0.2, 0.25) is 0 Å². The molecule has 0 bridgehead atoms. The maximum atomic E-state index is 12.1. The molecule has 1 atom stereocenters. The molecule has 1 heterocycles. The van der Waals surface area contributed by atoms with E-state index >= 15 is 0 Å². The number of halogens is 1. The first-order valence-electron chi connectivity index (χ1n) is 7.79. The third kappa shape index (κ3) is 4.09. The fourth-order valence-electron chi connectivity index (χ4n) is 2.38. The molecule has 0 saturated carbocycles. The number of carbonyl (C=O) groups excluding carboxylic acids is 1. The van der Waals surface area contributed by atoms with E-state index in [9.17, 15) is 4.79 Å². The van der Waals surface area contributed by atoms with Gasteiger partial charge in [-0.05, 0) is 43.3 Å². The first-order valence-corrected chi connectivity index (χ1v) is 8.17. The van der Waals surface area contributed by atoms with Crippen LogP contribution in [0, 0.1) is 0 Å². The normalized spacial score (nSPS) is 12.1.